The standard InChI is InChI=1S/C44H34N8S4/c45-29-5-1-21(53)17-25(29)41-33-9-11-35(49-33)42(26-18-22(54)2-6-30(26)46)37-13-15-39(51-37)44(28-20-24(56)4-8-32(28)48)40-16-14-38(52-40)43(36-12-10-34(41)50-36)27-19-23(55)3-7-31(27)47/h1-20,49,52-56H,45-48H2. The number of nitrogens with one attached hydrogen (secondary N) is 2. The highest BCUT2D eigenvalue weighted by Crippen LogP contribution is 2.42. The molecule has 2 aliphatic rings. The molecule has 4 aromatic carbocycles. The van der Waals surface area contributed by atoms with E-state index in [4.69, 9.17) is 83.4 Å². The first-order valence-corrected chi connectivity index (χ1v) is 19.3. The van der Waals surface area contributed by atoms with Crippen molar-refractivity contribution in [1.82, 2.24) is 19.9 Å². The minimum atomic E-state index is 0.573. The molecule has 5 heterocycles. The number of nitrogen functional groups attached to an aromatic ring is 4. The zero-order chi connectivity index (χ0) is 38.8. The van der Waals surface area contributed by atoms with Gasteiger partial charge in [-0.3, -0.25) is 0 Å². The lowest BCUT2D eigenvalue weighted by Gasteiger charge is -2.11. The van der Waals surface area contributed by atoms with E-state index in [1.807, 2.05) is 121 Å². The minimum absolute atomic E-state index is 0.573. The molecule has 7 aromatic rings. The Bertz CT molecular complexity index is 2640. The van der Waals surface area contributed by atoms with Crippen LogP contribution in [0.1, 0.15) is 22.8 Å². The van der Waals surface area contributed by atoms with Crippen molar-refractivity contribution in [2.24, 2.45) is 0 Å². The number of benzene rings is 4. The normalized spacial score (nSPS) is 12.1. The number of nitrogens with two attached hydrogens (primary N) is 4. The Labute approximate surface area is 344 Å². The molecule has 274 valence electrons. The molecule has 3 aromatic heterocycles. The van der Waals surface area contributed by atoms with Crippen molar-refractivity contribution in [3.63, 3.8) is 0 Å². The van der Waals surface area contributed by atoms with Gasteiger partial charge in [0.2, 0.25) is 0 Å². The smallest absolute Gasteiger partial charge is 0.0738 e. The second kappa shape index (κ2) is 14.0. The van der Waals surface area contributed by atoms with Crippen molar-refractivity contribution in [3.05, 3.63) is 120 Å². The molecule has 0 amide bonds. The number of rotatable bonds is 4. The summed E-state index contributed by atoms with van der Waals surface area (Å²) in [5, 5.41) is 0. The van der Waals surface area contributed by atoms with E-state index in [1.165, 1.54) is 0 Å². The molecule has 0 fully saturated rings. The van der Waals surface area contributed by atoms with Gasteiger partial charge in [-0.15, -0.1) is 50.5 Å². The molecule has 0 aliphatic carbocycles. The molecule has 0 unspecified atom stereocenters. The van der Waals surface area contributed by atoms with Gasteiger partial charge in [0.05, 0.1) is 22.8 Å². The summed E-state index contributed by atoms with van der Waals surface area (Å²) in [7, 11) is 0. The van der Waals surface area contributed by atoms with Crippen molar-refractivity contribution >= 4 is 120 Å². The molecule has 0 spiro atoms. The van der Waals surface area contributed by atoms with Gasteiger partial charge in [0.15, 0.2) is 0 Å². The van der Waals surface area contributed by atoms with Crippen LogP contribution in [0.5, 0.6) is 0 Å². The van der Waals surface area contributed by atoms with Crippen LogP contribution in [0.15, 0.2) is 117 Å². The molecule has 0 saturated carbocycles. The third-order valence-corrected chi connectivity index (χ3v) is 11.1. The molecular formula is C44H34N8S4. The van der Waals surface area contributed by atoms with Crippen LogP contribution in [-0.2, 0) is 0 Å². The summed E-state index contributed by atoms with van der Waals surface area (Å²) in [6.07, 6.45) is 7.97. The predicted octanol–water partition coefficient (Wildman–Crippen LogP) is 10.8. The molecule has 56 heavy (non-hydrogen) atoms. The first-order chi connectivity index (χ1) is 27.0. The van der Waals surface area contributed by atoms with Gasteiger partial charge < -0.3 is 32.9 Å². The van der Waals surface area contributed by atoms with Crippen LogP contribution in [-0.4, -0.2) is 19.9 Å². The van der Waals surface area contributed by atoms with E-state index in [9.17, 15) is 0 Å². The van der Waals surface area contributed by atoms with Crippen LogP contribution in [0.4, 0.5) is 22.7 Å². The lowest BCUT2D eigenvalue weighted by molar-refractivity contribution is 1.30. The van der Waals surface area contributed by atoms with Crippen LogP contribution >= 0.6 is 50.5 Å². The Balaban J connectivity index is 1.52. The summed E-state index contributed by atoms with van der Waals surface area (Å²) < 4.78 is 0. The summed E-state index contributed by atoms with van der Waals surface area (Å²) in [5.74, 6) is 0. The molecule has 8 nitrogen and oxygen atoms in total. The molecule has 0 atom stereocenters. The molecule has 9 rings (SSSR count). The van der Waals surface area contributed by atoms with Gasteiger partial charge in [-0.25, -0.2) is 9.97 Å². The molecular weight excluding hydrogens is 769 g/mol. The average molecular weight is 803 g/mol. The Morgan fingerprint density at radius 1 is 0.339 bits per heavy atom. The van der Waals surface area contributed by atoms with Crippen LogP contribution in [0.2, 0.25) is 0 Å². The van der Waals surface area contributed by atoms with Crippen LogP contribution in [0.3, 0.4) is 0 Å². The topological polar surface area (TPSA) is 161 Å². The summed E-state index contributed by atoms with van der Waals surface area (Å²) in [5.41, 5.74) is 41.3. The Morgan fingerprint density at radius 3 is 0.804 bits per heavy atom. The Morgan fingerprint density at radius 2 is 0.571 bits per heavy atom. The molecule has 0 saturated heterocycles. The molecule has 0 radical (unpaired) electrons. The highest BCUT2D eigenvalue weighted by molar-refractivity contribution is 7.80. The van der Waals surface area contributed by atoms with Crippen LogP contribution < -0.4 is 22.9 Å². The predicted molar refractivity (Wildman–Crippen MR) is 247 cm³/mol. The van der Waals surface area contributed by atoms with Gasteiger partial charge in [0.25, 0.3) is 0 Å². The number of hydrogen-bond acceptors (Lipinski definition) is 10. The van der Waals surface area contributed by atoms with Crippen molar-refractivity contribution in [2.45, 2.75) is 19.6 Å². The Kier molecular flexibility index (Phi) is 8.93. The fourth-order valence-electron chi connectivity index (χ4n) is 7.38. The van der Waals surface area contributed by atoms with E-state index in [0.29, 0.717) is 45.5 Å². The van der Waals surface area contributed by atoms with E-state index in [1.54, 1.807) is 0 Å². The lowest BCUT2D eigenvalue weighted by atomic mass is 10.0. The number of anilines is 4. The summed E-state index contributed by atoms with van der Waals surface area (Å²) in [4.78, 5) is 21.1. The van der Waals surface area contributed by atoms with Crippen molar-refractivity contribution in [3.8, 4) is 44.5 Å². The second-order valence-electron chi connectivity index (χ2n) is 13.6. The maximum atomic E-state index is 6.72. The van der Waals surface area contributed by atoms with E-state index >= 15 is 0 Å². The number of thiol groups is 4. The first kappa shape index (κ1) is 35.8. The summed E-state index contributed by atoms with van der Waals surface area (Å²) >= 11 is 18.8. The van der Waals surface area contributed by atoms with Gasteiger partial charge in [-0.2, -0.15) is 0 Å². The van der Waals surface area contributed by atoms with Gasteiger partial charge in [-0.05, 0) is 121 Å². The van der Waals surface area contributed by atoms with Gasteiger partial charge in [-0.1, -0.05) is 0 Å². The van der Waals surface area contributed by atoms with Crippen molar-refractivity contribution in [1.29, 1.82) is 0 Å². The maximum absolute atomic E-state index is 6.72. The minimum Gasteiger partial charge on any atom is -0.398 e. The highest BCUT2D eigenvalue weighted by Gasteiger charge is 2.22. The third kappa shape index (κ3) is 6.30. The number of fused-ring (bicyclic) bond motifs is 8. The number of aromatic nitrogens is 4. The SMILES string of the molecule is Nc1ccc(S)cc1-c1c2nc(c(-c3cc(S)ccc3N)c3ccc([nH]3)c(-c3cc(S)ccc3N)c3nc(c(-c4cc(S)ccc4N)c4ccc1[nH]4)C=C3)C=C2. The first-order valence-electron chi connectivity index (χ1n) is 17.5. The lowest BCUT2D eigenvalue weighted by Crippen LogP contribution is -1.95. The number of H-pyrrole nitrogens is 2. The van der Waals surface area contributed by atoms with Crippen LogP contribution in [0, 0.1) is 0 Å². The molecule has 2 aliphatic heterocycles. The van der Waals surface area contributed by atoms with Crippen molar-refractivity contribution < 1.29 is 0 Å². The zero-order valence-corrected chi connectivity index (χ0v) is 33.1. The molecule has 10 N–H and O–H groups in total. The zero-order valence-electron chi connectivity index (χ0n) is 29.5. The number of aromatic amines is 2. The monoisotopic (exact) mass is 802 g/mol. The van der Waals surface area contributed by atoms with E-state index in [0.717, 1.165) is 86.2 Å². The van der Waals surface area contributed by atoms with Gasteiger partial charge in [0.1, 0.15) is 0 Å². The number of nitrogens with zero attached hydrogens (tertiary/aromatic N) is 2. The summed E-state index contributed by atoms with van der Waals surface area (Å²) in [6.45, 7) is 0. The Hall–Kier alpha value is -5.92. The summed E-state index contributed by atoms with van der Waals surface area (Å²) in [6, 6.07) is 30.8. The van der Waals surface area contributed by atoms with E-state index in [-0.39, 0.29) is 0 Å². The maximum Gasteiger partial charge on any atom is 0.0738 e. The fourth-order valence-corrected chi connectivity index (χ4v) is 8.20. The van der Waals surface area contributed by atoms with Crippen LogP contribution in [0.25, 0.3) is 90.9 Å². The second-order valence-corrected chi connectivity index (χ2v) is 15.7. The fraction of sp³-hybridized carbons (Fsp3) is 0. The van der Waals surface area contributed by atoms with E-state index in [2.05, 4.69) is 9.97 Å². The highest BCUT2D eigenvalue weighted by atomic mass is 32.1. The van der Waals surface area contributed by atoms with Gasteiger partial charge >= 0.3 is 0 Å². The van der Waals surface area contributed by atoms with Crippen molar-refractivity contribution in [2.75, 3.05) is 22.9 Å². The molecule has 12 heteroatoms. The quantitative estimate of drug-likeness (QED) is 0.0629. The average Bonchev–Trinajstić information content (AvgIpc) is 4.01. The number of hydrogen-bond donors (Lipinski definition) is 10. The van der Waals surface area contributed by atoms with E-state index < -0.39 is 0 Å². The third-order valence-electron chi connectivity index (χ3n) is 9.98. The van der Waals surface area contributed by atoms with Gasteiger partial charge in [0, 0.05) is 109 Å². The largest absolute Gasteiger partial charge is 0.398 e. The molecule has 8 bridgehead atoms.